The molecule has 4 nitrogen and oxygen atoms in total. The fourth-order valence-electron chi connectivity index (χ4n) is 1.64. The van der Waals surface area contributed by atoms with Gasteiger partial charge in [-0.15, -0.1) is 0 Å². The van der Waals surface area contributed by atoms with Gasteiger partial charge < -0.3 is 9.47 Å². The van der Waals surface area contributed by atoms with Crippen molar-refractivity contribution in [2.75, 3.05) is 20.3 Å². The first-order chi connectivity index (χ1) is 8.70. The maximum Gasteiger partial charge on any atom is 0.316 e. The molecular weight excluding hydrogens is 232 g/mol. The van der Waals surface area contributed by atoms with Crippen molar-refractivity contribution in [1.29, 1.82) is 0 Å². The van der Waals surface area contributed by atoms with Crippen LogP contribution in [0.5, 0.6) is 0 Å². The van der Waals surface area contributed by atoms with E-state index in [1.807, 2.05) is 6.07 Å². The SMILES string of the molecule is CCOC(=O)C(CCOC)C(=O)c1ccccc1. The zero-order valence-electron chi connectivity index (χ0n) is 10.7. The topological polar surface area (TPSA) is 52.6 Å². The van der Waals surface area contributed by atoms with Crippen LogP contribution in [-0.4, -0.2) is 32.1 Å². The number of methoxy groups -OCH3 is 1. The monoisotopic (exact) mass is 250 g/mol. The molecule has 0 aromatic heterocycles. The van der Waals surface area contributed by atoms with Crippen LogP contribution in [0.1, 0.15) is 23.7 Å². The van der Waals surface area contributed by atoms with Crippen molar-refractivity contribution in [3.8, 4) is 0 Å². The van der Waals surface area contributed by atoms with Gasteiger partial charge in [-0.05, 0) is 13.3 Å². The molecule has 4 heteroatoms. The summed E-state index contributed by atoms with van der Waals surface area (Å²) in [5.74, 6) is -1.48. The highest BCUT2D eigenvalue weighted by molar-refractivity contribution is 6.08. The van der Waals surface area contributed by atoms with E-state index in [1.165, 1.54) is 7.11 Å². The van der Waals surface area contributed by atoms with E-state index >= 15 is 0 Å². The molecule has 0 N–H and O–H groups in total. The molecule has 0 spiro atoms. The van der Waals surface area contributed by atoms with Crippen LogP contribution in [-0.2, 0) is 14.3 Å². The van der Waals surface area contributed by atoms with Gasteiger partial charge in [0.25, 0.3) is 0 Å². The fraction of sp³-hybridized carbons (Fsp3) is 0.429. The largest absolute Gasteiger partial charge is 0.465 e. The Morgan fingerprint density at radius 1 is 1.22 bits per heavy atom. The van der Waals surface area contributed by atoms with Crippen molar-refractivity contribution in [2.24, 2.45) is 5.92 Å². The minimum absolute atomic E-state index is 0.217. The number of esters is 1. The maximum absolute atomic E-state index is 12.2. The summed E-state index contributed by atoms with van der Waals surface area (Å²) in [6.45, 7) is 2.34. The Kier molecular flexibility index (Phi) is 6.08. The van der Waals surface area contributed by atoms with Gasteiger partial charge in [0.15, 0.2) is 5.78 Å². The number of benzene rings is 1. The van der Waals surface area contributed by atoms with Crippen LogP contribution in [0.2, 0.25) is 0 Å². The van der Waals surface area contributed by atoms with Crippen LogP contribution in [0, 0.1) is 5.92 Å². The summed E-state index contributed by atoms with van der Waals surface area (Å²) < 4.78 is 9.86. The predicted molar refractivity (Wildman–Crippen MR) is 67.4 cm³/mol. The summed E-state index contributed by atoms with van der Waals surface area (Å²) in [6.07, 6.45) is 0.336. The third-order valence-electron chi connectivity index (χ3n) is 2.56. The zero-order valence-corrected chi connectivity index (χ0v) is 10.7. The van der Waals surface area contributed by atoms with Crippen LogP contribution in [0.15, 0.2) is 30.3 Å². The molecule has 1 atom stereocenters. The number of rotatable bonds is 7. The highest BCUT2D eigenvalue weighted by atomic mass is 16.5. The van der Waals surface area contributed by atoms with Crippen molar-refractivity contribution >= 4 is 11.8 Å². The third kappa shape index (κ3) is 3.96. The van der Waals surface area contributed by atoms with Crippen LogP contribution in [0.3, 0.4) is 0 Å². The summed E-state index contributed by atoms with van der Waals surface area (Å²) >= 11 is 0. The van der Waals surface area contributed by atoms with Crippen molar-refractivity contribution in [3.63, 3.8) is 0 Å². The molecule has 0 saturated heterocycles. The standard InChI is InChI=1S/C14H18O4/c1-3-18-14(16)12(9-10-17-2)13(15)11-7-5-4-6-8-11/h4-8,12H,3,9-10H2,1-2H3. The van der Waals surface area contributed by atoms with Gasteiger partial charge in [0.05, 0.1) is 6.61 Å². The van der Waals surface area contributed by atoms with Gasteiger partial charge in [0.2, 0.25) is 0 Å². The van der Waals surface area contributed by atoms with Gasteiger partial charge >= 0.3 is 5.97 Å². The van der Waals surface area contributed by atoms with Gasteiger partial charge in [-0.3, -0.25) is 9.59 Å². The molecule has 18 heavy (non-hydrogen) atoms. The molecule has 1 rings (SSSR count). The van der Waals surface area contributed by atoms with Crippen LogP contribution < -0.4 is 0 Å². The first-order valence-electron chi connectivity index (χ1n) is 5.95. The van der Waals surface area contributed by atoms with Gasteiger partial charge in [-0.2, -0.15) is 0 Å². The smallest absolute Gasteiger partial charge is 0.316 e. The molecule has 0 saturated carbocycles. The van der Waals surface area contributed by atoms with Crippen molar-refractivity contribution in [3.05, 3.63) is 35.9 Å². The van der Waals surface area contributed by atoms with E-state index in [2.05, 4.69) is 0 Å². The van der Waals surface area contributed by atoms with E-state index in [0.29, 0.717) is 18.6 Å². The number of ketones is 1. The number of ether oxygens (including phenoxy) is 2. The lowest BCUT2D eigenvalue weighted by Crippen LogP contribution is -2.27. The lowest BCUT2D eigenvalue weighted by atomic mass is 9.95. The van der Waals surface area contributed by atoms with Crippen molar-refractivity contribution in [1.82, 2.24) is 0 Å². The fourth-order valence-corrected chi connectivity index (χ4v) is 1.64. The summed E-state index contributed by atoms with van der Waals surface area (Å²) in [6, 6.07) is 8.76. The molecule has 0 fully saturated rings. The molecule has 0 aliphatic carbocycles. The summed E-state index contributed by atoms with van der Waals surface area (Å²) in [4.78, 5) is 24.0. The maximum atomic E-state index is 12.2. The zero-order chi connectivity index (χ0) is 13.4. The van der Waals surface area contributed by atoms with E-state index in [-0.39, 0.29) is 12.4 Å². The Hall–Kier alpha value is -1.68. The molecule has 0 bridgehead atoms. The lowest BCUT2D eigenvalue weighted by Gasteiger charge is -2.14. The quantitative estimate of drug-likeness (QED) is 0.422. The summed E-state index contributed by atoms with van der Waals surface area (Å²) in [5.41, 5.74) is 0.520. The second-order valence-electron chi connectivity index (χ2n) is 3.82. The minimum atomic E-state index is -0.785. The predicted octanol–water partition coefficient (Wildman–Crippen LogP) is 2.09. The van der Waals surface area contributed by atoms with Crippen molar-refractivity contribution in [2.45, 2.75) is 13.3 Å². The Balaban J connectivity index is 2.82. The Morgan fingerprint density at radius 3 is 2.44 bits per heavy atom. The van der Waals surface area contributed by atoms with E-state index in [4.69, 9.17) is 9.47 Å². The first kappa shape index (κ1) is 14.4. The average Bonchev–Trinajstić information content (AvgIpc) is 2.40. The van der Waals surface area contributed by atoms with E-state index in [1.54, 1.807) is 31.2 Å². The Bertz CT molecular complexity index is 386. The molecule has 0 aliphatic rings. The Morgan fingerprint density at radius 2 is 1.89 bits per heavy atom. The molecule has 0 amide bonds. The van der Waals surface area contributed by atoms with Gasteiger partial charge in [-0.1, -0.05) is 30.3 Å². The number of Topliss-reactive ketones (excluding diaryl/α,β-unsaturated/α-hetero) is 1. The minimum Gasteiger partial charge on any atom is -0.465 e. The van der Waals surface area contributed by atoms with Gasteiger partial charge in [0, 0.05) is 19.3 Å². The normalized spacial score (nSPS) is 11.9. The van der Waals surface area contributed by atoms with E-state index < -0.39 is 11.9 Å². The first-order valence-corrected chi connectivity index (χ1v) is 5.95. The van der Waals surface area contributed by atoms with Gasteiger partial charge in [0.1, 0.15) is 5.92 Å². The molecule has 1 aromatic rings. The molecular formula is C14H18O4. The average molecular weight is 250 g/mol. The van der Waals surface area contributed by atoms with Crippen molar-refractivity contribution < 1.29 is 19.1 Å². The Labute approximate surface area is 107 Å². The van der Waals surface area contributed by atoms with Crippen LogP contribution >= 0.6 is 0 Å². The highest BCUT2D eigenvalue weighted by Crippen LogP contribution is 2.14. The summed E-state index contributed by atoms with van der Waals surface area (Å²) in [7, 11) is 1.54. The number of carbonyl (C=O) groups is 2. The van der Waals surface area contributed by atoms with E-state index in [0.717, 1.165) is 0 Å². The second-order valence-corrected chi connectivity index (χ2v) is 3.82. The molecule has 1 unspecified atom stereocenters. The molecule has 0 radical (unpaired) electrons. The van der Waals surface area contributed by atoms with Gasteiger partial charge in [-0.25, -0.2) is 0 Å². The molecule has 0 heterocycles. The number of carbonyl (C=O) groups excluding carboxylic acids is 2. The van der Waals surface area contributed by atoms with E-state index in [9.17, 15) is 9.59 Å². The third-order valence-corrected chi connectivity index (χ3v) is 2.56. The van der Waals surface area contributed by atoms with Crippen LogP contribution in [0.25, 0.3) is 0 Å². The molecule has 0 aliphatic heterocycles. The summed E-state index contributed by atoms with van der Waals surface area (Å²) in [5, 5.41) is 0. The molecule has 1 aromatic carbocycles. The second kappa shape index (κ2) is 7.61. The van der Waals surface area contributed by atoms with Crippen LogP contribution in [0.4, 0.5) is 0 Å². The molecule has 98 valence electrons. The lowest BCUT2D eigenvalue weighted by molar-refractivity contribution is -0.146. The highest BCUT2D eigenvalue weighted by Gasteiger charge is 2.28. The number of hydrogen-bond donors (Lipinski definition) is 0. The number of hydrogen-bond acceptors (Lipinski definition) is 4.